The molecule has 1 saturated heterocycles. The Morgan fingerprint density at radius 3 is 2.89 bits per heavy atom. The van der Waals surface area contributed by atoms with Crippen molar-refractivity contribution in [1.82, 2.24) is 10.3 Å². The highest BCUT2D eigenvalue weighted by Gasteiger charge is 2.22. The second-order valence-corrected chi connectivity index (χ2v) is 4.57. The summed E-state index contributed by atoms with van der Waals surface area (Å²) in [6.45, 7) is 2.17. The predicted octanol–water partition coefficient (Wildman–Crippen LogP) is 2.26. The molecule has 0 amide bonds. The van der Waals surface area contributed by atoms with Gasteiger partial charge in [-0.05, 0) is 31.5 Å². The lowest BCUT2D eigenvalue weighted by Gasteiger charge is -2.29. The number of rotatable bonds is 6. The molecule has 0 radical (unpaired) electrons. The van der Waals surface area contributed by atoms with Gasteiger partial charge in [0, 0.05) is 19.1 Å². The van der Waals surface area contributed by atoms with Crippen LogP contribution in [0.15, 0.2) is 18.3 Å². The summed E-state index contributed by atoms with van der Waals surface area (Å²) < 4.78 is 28.5. The molecule has 2 rings (SSSR count). The summed E-state index contributed by atoms with van der Waals surface area (Å²) in [4.78, 5) is 6.46. The number of nitrogens with zero attached hydrogens (tertiary/aromatic N) is 2. The highest BCUT2D eigenvalue weighted by molar-refractivity contribution is 5.42. The molecule has 19 heavy (non-hydrogen) atoms. The molecule has 0 bridgehead atoms. The monoisotopic (exact) mass is 271 g/mol. The molecule has 0 aromatic carbocycles. The van der Waals surface area contributed by atoms with Crippen molar-refractivity contribution >= 4 is 5.82 Å². The summed E-state index contributed by atoms with van der Waals surface area (Å²) in [6, 6.07) is 3.71. The molecule has 1 N–H and O–H groups in total. The molecule has 1 aliphatic rings. The van der Waals surface area contributed by atoms with Crippen molar-refractivity contribution in [3.63, 3.8) is 0 Å². The fraction of sp³-hybridized carbons (Fsp3) is 0.615. The molecule has 0 spiro atoms. The minimum Gasteiger partial charge on any atom is -0.433 e. The Balaban J connectivity index is 2.08. The minimum absolute atomic E-state index is 0.0970. The zero-order valence-electron chi connectivity index (χ0n) is 11.0. The topological polar surface area (TPSA) is 37.4 Å². The van der Waals surface area contributed by atoms with E-state index in [1.165, 1.54) is 6.20 Å². The third-order valence-electron chi connectivity index (χ3n) is 3.18. The first-order valence-electron chi connectivity index (χ1n) is 6.59. The summed E-state index contributed by atoms with van der Waals surface area (Å²) in [5, 5.41) is 3.33. The van der Waals surface area contributed by atoms with E-state index in [-0.39, 0.29) is 5.75 Å². The van der Waals surface area contributed by atoms with Gasteiger partial charge in [-0.15, -0.1) is 0 Å². The van der Waals surface area contributed by atoms with Crippen LogP contribution in [0, 0.1) is 0 Å². The van der Waals surface area contributed by atoms with E-state index in [1.54, 1.807) is 12.1 Å². The first kappa shape index (κ1) is 14.0. The first-order valence-corrected chi connectivity index (χ1v) is 6.59. The van der Waals surface area contributed by atoms with Crippen molar-refractivity contribution in [2.75, 3.05) is 24.5 Å². The van der Waals surface area contributed by atoms with Crippen LogP contribution in [0.3, 0.4) is 0 Å². The highest BCUT2D eigenvalue weighted by Crippen LogP contribution is 2.21. The van der Waals surface area contributed by atoms with Crippen LogP contribution in [0.1, 0.15) is 19.8 Å². The Morgan fingerprint density at radius 2 is 2.37 bits per heavy atom. The van der Waals surface area contributed by atoms with Crippen molar-refractivity contribution in [3.05, 3.63) is 18.3 Å². The van der Waals surface area contributed by atoms with Crippen LogP contribution in [-0.2, 0) is 0 Å². The van der Waals surface area contributed by atoms with Crippen LogP contribution in [0.4, 0.5) is 14.6 Å². The number of alkyl halides is 2. The van der Waals surface area contributed by atoms with Gasteiger partial charge in [-0.3, -0.25) is 0 Å². The minimum atomic E-state index is -2.81. The number of nitrogens with one attached hydrogen (secondary N) is 1. The Kier molecular flexibility index (Phi) is 4.90. The van der Waals surface area contributed by atoms with Gasteiger partial charge in [0.05, 0.1) is 6.20 Å². The van der Waals surface area contributed by atoms with Gasteiger partial charge < -0.3 is 15.0 Å². The van der Waals surface area contributed by atoms with Crippen LogP contribution < -0.4 is 15.0 Å². The Bertz CT molecular complexity index is 380. The maximum Gasteiger partial charge on any atom is 0.387 e. The lowest BCUT2D eigenvalue weighted by molar-refractivity contribution is -0.0500. The molecule has 1 aromatic heterocycles. The fourth-order valence-electron chi connectivity index (χ4n) is 2.35. The van der Waals surface area contributed by atoms with Crippen molar-refractivity contribution < 1.29 is 13.5 Å². The second-order valence-electron chi connectivity index (χ2n) is 4.57. The van der Waals surface area contributed by atoms with E-state index in [0.717, 1.165) is 38.3 Å². The number of aromatic nitrogens is 1. The van der Waals surface area contributed by atoms with E-state index in [4.69, 9.17) is 0 Å². The number of halogens is 2. The average Bonchev–Trinajstić information content (AvgIpc) is 2.90. The van der Waals surface area contributed by atoms with Crippen LogP contribution in [0.2, 0.25) is 0 Å². The molecule has 4 nitrogen and oxygen atoms in total. The molecule has 0 saturated carbocycles. The maximum absolute atomic E-state index is 12.1. The van der Waals surface area contributed by atoms with Crippen LogP contribution in [-0.4, -0.2) is 37.3 Å². The van der Waals surface area contributed by atoms with Crippen molar-refractivity contribution in [2.45, 2.75) is 32.4 Å². The van der Waals surface area contributed by atoms with Crippen molar-refractivity contribution in [1.29, 1.82) is 0 Å². The van der Waals surface area contributed by atoms with E-state index in [0.29, 0.717) is 6.04 Å². The Morgan fingerprint density at radius 1 is 1.53 bits per heavy atom. The fourth-order valence-corrected chi connectivity index (χ4v) is 2.35. The molecule has 2 heterocycles. The van der Waals surface area contributed by atoms with Gasteiger partial charge in [0.2, 0.25) is 0 Å². The summed E-state index contributed by atoms with van der Waals surface area (Å²) in [5.74, 6) is 0.914. The third kappa shape index (κ3) is 3.76. The third-order valence-corrected chi connectivity index (χ3v) is 3.18. The van der Waals surface area contributed by atoms with E-state index in [2.05, 4.69) is 26.9 Å². The SMILES string of the molecule is CCCN(c1ccc(OC(F)F)cn1)C1CCNC1. The van der Waals surface area contributed by atoms with E-state index < -0.39 is 6.61 Å². The van der Waals surface area contributed by atoms with Gasteiger partial charge >= 0.3 is 6.61 Å². The van der Waals surface area contributed by atoms with E-state index >= 15 is 0 Å². The molecule has 106 valence electrons. The molecule has 1 aliphatic heterocycles. The highest BCUT2D eigenvalue weighted by atomic mass is 19.3. The van der Waals surface area contributed by atoms with Crippen molar-refractivity contribution in [3.8, 4) is 5.75 Å². The number of pyridine rings is 1. The maximum atomic E-state index is 12.1. The second kappa shape index (κ2) is 6.65. The Hall–Kier alpha value is -1.43. The lowest BCUT2D eigenvalue weighted by atomic mass is 10.2. The van der Waals surface area contributed by atoms with Gasteiger partial charge in [-0.25, -0.2) is 4.98 Å². The molecule has 1 fully saturated rings. The van der Waals surface area contributed by atoms with Crippen molar-refractivity contribution in [2.24, 2.45) is 0 Å². The van der Waals surface area contributed by atoms with Gasteiger partial charge in [0.15, 0.2) is 0 Å². The average molecular weight is 271 g/mol. The van der Waals surface area contributed by atoms with E-state index in [1.807, 2.05) is 0 Å². The molecule has 1 unspecified atom stereocenters. The van der Waals surface area contributed by atoms with Gasteiger partial charge in [0.25, 0.3) is 0 Å². The zero-order chi connectivity index (χ0) is 13.7. The summed E-state index contributed by atoms with van der Waals surface area (Å²) >= 11 is 0. The molecule has 1 atom stereocenters. The smallest absolute Gasteiger partial charge is 0.387 e. The number of hydrogen-bond acceptors (Lipinski definition) is 4. The number of ether oxygens (including phenoxy) is 1. The van der Waals surface area contributed by atoms with Crippen LogP contribution >= 0.6 is 0 Å². The van der Waals surface area contributed by atoms with Crippen LogP contribution in [0.5, 0.6) is 5.75 Å². The lowest BCUT2D eigenvalue weighted by Crippen LogP contribution is -2.38. The summed E-state index contributed by atoms with van der Waals surface area (Å²) in [6.07, 6.45) is 3.46. The van der Waals surface area contributed by atoms with Gasteiger partial charge in [-0.2, -0.15) is 8.78 Å². The largest absolute Gasteiger partial charge is 0.433 e. The predicted molar refractivity (Wildman–Crippen MR) is 69.8 cm³/mol. The standard InChI is InChI=1S/C13H19F2N3O/c1-2-7-18(10-5-6-16-8-10)12-4-3-11(9-17-12)19-13(14)15/h3-4,9-10,13,16H,2,5-8H2,1H3. The number of hydrogen-bond donors (Lipinski definition) is 1. The molecule has 6 heteroatoms. The quantitative estimate of drug-likeness (QED) is 0.861. The normalized spacial score (nSPS) is 18.8. The molecular formula is C13H19F2N3O. The van der Waals surface area contributed by atoms with Gasteiger partial charge in [-0.1, -0.05) is 6.92 Å². The zero-order valence-corrected chi connectivity index (χ0v) is 11.0. The number of anilines is 1. The summed E-state index contributed by atoms with van der Waals surface area (Å²) in [7, 11) is 0. The first-order chi connectivity index (χ1) is 9.20. The van der Waals surface area contributed by atoms with Gasteiger partial charge in [0.1, 0.15) is 11.6 Å². The molecule has 1 aromatic rings. The molecule has 0 aliphatic carbocycles. The Labute approximate surface area is 111 Å². The van der Waals surface area contributed by atoms with Crippen LogP contribution in [0.25, 0.3) is 0 Å². The van der Waals surface area contributed by atoms with E-state index in [9.17, 15) is 8.78 Å². The summed E-state index contributed by atoms with van der Waals surface area (Å²) in [5.41, 5.74) is 0. The molecular weight excluding hydrogens is 252 g/mol.